The zero-order chi connectivity index (χ0) is 27.9. The molecule has 0 unspecified atom stereocenters. The molecular formula is C29H26ClF3N2O4. The van der Waals surface area contributed by atoms with E-state index in [-0.39, 0.29) is 29.7 Å². The van der Waals surface area contributed by atoms with Crippen LogP contribution < -0.4 is 10.1 Å². The normalized spacial score (nSPS) is 11.9. The van der Waals surface area contributed by atoms with Gasteiger partial charge in [-0.05, 0) is 47.3 Å². The molecule has 0 atom stereocenters. The van der Waals surface area contributed by atoms with Crippen molar-refractivity contribution in [1.82, 2.24) is 10.5 Å². The number of carboxylic acid groups (broad SMARTS) is 1. The van der Waals surface area contributed by atoms with Crippen LogP contribution in [0.5, 0.6) is 5.88 Å². The zero-order valence-electron chi connectivity index (χ0n) is 20.7. The topological polar surface area (TPSA) is 84.6 Å². The molecule has 0 aliphatic carbocycles. The summed E-state index contributed by atoms with van der Waals surface area (Å²) >= 11 is 6.35. The quantitative estimate of drug-likeness (QED) is 0.190. The van der Waals surface area contributed by atoms with Crippen LogP contribution in [0.3, 0.4) is 0 Å². The van der Waals surface area contributed by atoms with Gasteiger partial charge in [-0.2, -0.15) is 13.2 Å². The third kappa shape index (κ3) is 6.79. The fraction of sp³-hybridized carbons (Fsp3) is 0.241. The van der Waals surface area contributed by atoms with Crippen molar-refractivity contribution in [2.24, 2.45) is 0 Å². The number of ether oxygens (including phenoxy) is 1. The lowest BCUT2D eigenvalue weighted by molar-refractivity contribution is -0.137. The molecule has 0 radical (unpaired) electrons. The predicted molar refractivity (Wildman–Crippen MR) is 140 cm³/mol. The van der Waals surface area contributed by atoms with Crippen molar-refractivity contribution in [1.29, 1.82) is 0 Å². The molecule has 4 rings (SSSR count). The monoisotopic (exact) mass is 558 g/mol. The number of hydrogen-bond donors (Lipinski definition) is 2. The van der Waals surface area contributed by atoms with Crippen LogP contribution in [0.4, 0.5) is 13.2 Å². The second-order valence-electron chi connectivity index (χ2n) is 8.98. The smallest absolute Gasteiger partial charge is 0.417 e. The van der Waals surface area contributed by atoms with Gasteiger partial charge in [0.25, 0.3) is 5.88 Å². The number of hydrogen-bond acceptors (Lipinski definition) is 5. The highest BCUT2D eigenvalue weighted by atomic mass is 35.5. The van der Waals surface area contributed by atoms with E-state index in [4.69, 9.17) is 21.4 Å². The van der Waals surface area contributed by atoms with Crippen molar-refractivity contribution in [2.45, 2.75) is 24.4 Å². The summed E-state index contributed by atoms with van der Waals surface area (Å²) in [5, 5.41) is 15.6. The van der Waals surface area contributed by atoms with Crippen molar-refractivity contribution < 1.29 is 32.3 Å². The number of nitrogens with one attached hydrogen (secondary N) is 1. The average Bonchev–Trinajstić information content (AvgIpc) is 3.41. The Morgan fingerprint density at radius 3 is 2.18 bits per heavy atom. The third-order valence-electron chi connectivity index (χ3n) is 6.40. The molecule has 0 spiro atoms. The molecule has 2 N–H and O–H groups in total. The number of aromatic carboxylic acids is 1. The number of benzene rings is 3. The first-order valence-corrected chi connectivity index (χ1v) is 12.6. The van der Waals surface area contributed by atoms with E-state index >= 15 is 0 Å². The van der Waals surface area contributed by atoms with Gasteiger partial charge < -0.3 is 19.7 Å². The first-order valence-electron chi connectivity index (χ1n) is 12.2. The van der Waals surface area contributed by atoms with Gasteiger partial charge in [-0.25, -0.2) is 4.79 Å². The lowest BCUT2D eigenvalue weighted by Crippen LogP contribution is -2.42. The maximum absolute atomic E-state index is 13.6. The van der Waals surface area contributed by atoms with Gasteiger partial charge in [-0.3, -0.25) is 0 Å². The molecule has 39 heavy (non-hydrogen) atoms. The highest BCUT2D eigenvalue weighted by Gasteiger charge is 2.38. The number of nitrogens with zero attached hydrogens (tertiary/aromatic N) is 1. The molecule has 0 saturated heterocycles. The highest BCUT2D eigenvalue weighted by Crippen LogP contribution is 2.41. The number of alkyl halides is 3. The maximum atomic E-state index is 13.6. The number of aromatic nitrogens is 1. The van der Waals surface area contributed by atoms with Gasteiger partial charge in [0.05, 0.1) is 23.3 Å². The predicted octanol–water partition coefficient (Wildman–Crippen LogP) is 6.63. The van der Waals surface area contributed by atoms with E-state index in [1.165, 1.54) is 12.1 Å². The molecule has 1 aromatic heterocycles. The second-order valence-corrected chi connectivity index (χ2v) is 9.36. The summed E-state index contributed by atoms with van der Waals surface area (Å²) in [6, 6.07) is 24.4. The average molecular weight is 559 g/mol. The summed E-state index contributed by atoms with van der Waals surface area (Å²) in [6.07, 6.45) is -3.79. The Morgan fingerprint density at radius 1 is 0.974 bits per heavy atom. The molecule has 6 nitrogen and oxygen atoms in total. The third-order valence-corrected chi connectivity index (χ3v) is 6.85. The minimum Gasteiger partial charge on any atom is -0.475 e. The fourth-order valence-corrected chi connectivity index (χ4v) is 4.82. The lowest BCUT2D eigenvalue weighted by atomic mass is 9.70. The fourth-order valence-electron chi connectivity index (χ4n) is 4.52. The summed E-state index contributed by atoms with van der Waals surface area (Å²) in [7, 11) is 0. The molecule has 4 aromatic rings. The van der Waals surface area contributed by atoms with Crippen LogP contribution in [0.15, 0.2) is 89.5 Å². The van der Waals surface area contributed by atoms with Crippen molar-refractivity contribution in [2.75, 3.05) is 19.7 Å². The van der Waals surface area contributed by atoms with Crippen LogP contribution >= 0.6 is 11.6 Å². The van der Waals surface area contributed by atoms with Crippen LogP contribution in [0.25, 0.3) is 0 Å². The summed E-state index contributed by atoms with van der Waals surface area (Å²) in [5.41, 5.74) is 0.652. The van der Waals surface area contributed by atoms with Crippen LogP contribution in [-0.2, 0) is 18.0 Å². The Kier molecular flexibility index (Phi) is 8.93. The number of carboxylic acids is 1. The number of carbonyl (C=O) groups is 1. The zero-order valence-corrected chi connectivity index (χ0v) is 21.5. The van der Waals surface area contributed by atoms with Crippen molar-refractivity contribution >= 4 is 17.6 Å². The summed E-state index contributed by atoms with van der Waals surface area (Å²) in [5.74, 6) is -1.47. The summed E-state index contributed by atoms with van der Waals surface area (Å²) in [4.78, 5) is 10.9. The highest BCUT2D eigenvalue weighted by molar-refractivity contribution is 6.32. The SMILES string of the molecule is O=C(O)c1cc(OCCCNCC(Cc2cccc(C(F)(F)F)c2Cl)(c2ccccc2)c2ccccc2)no1. The largest absolute Gasteiger partial charge is 0.475 e. The van der Waals surface area contributed by atoms with E-state index < -0.39 is 23.1 Å². The molecule has 204 valence electrons. The van der Waals surface area contributed by atoms with Crippen LogP contribution in [0.1, 0.15) is 39.2 Å². The molecule has 1 heterocycles. The number of halogens is 4. The van der Waals surface area contributed by atoms with E-state index in [2.05, 4.69) is 15.0 Å². The maximum Gasteiger partial charge on any atom is 0.417 e. The van der Waals surface area contributed by atoms with Crippen LogP contribution in [0, 0.1) is 0 Å². The second kappa shape index (κ2) is 12.4. The molecule has 10 heteroatoms. The van der Waals surface area contributed by atoms with Gasteiger partial charge in [0.2, 0.25) is 5.76 Å². The Hall–Kier alpha value is -3.82. The first-order chi connectivity index (χ1) is 18.7. The van der Waals surface area contributed by atoms with Gasteiger partial charge in [0, 0.05) is 12.0 Å². The van der Waals surface area contributed by atoms with Crippen molar-refractivity contribution in [3.05, 3.63) is 118 Å². The molecule has 3 aromatic carbocycles. The Bertz CT molecular complexity index is 1340. The Morgan fingerprint density at radius 2 is 1.62 bits per heavy atom. The molecule has 0 aliphatic heterocycles. The van der Waals surface area contributed by atoms with Gasteiger partial charge >= 0.3 is 12.1 Å². The van der Waals surface area contributed by atoms with E-state index in [0.29, 0.717) is 25.1 Å². The molecule has 0 fully saturated rings. The van der Waals surface area contributed by atoms with Crippen molar-refractivity contribution in [3.63, 3.8) is 0 Å². The van der Waals surface area contributed by atoms with E-state index in [9.17, 15) is 18.0 Å². The standard InChI is InChI=1S/C29H26ClF3N2O4/c30-26-20(9-7-14-23(26)29(31,32)33)18-28(21-10-3-1-4-11-21,22-12-5-2-6-13-22)19-34-15-8-16-38-25-17-24(27(36)37)39-35-25/h1-7,9-14,17,34H,8,15-16,18-19H2,(H,36,37). The van der Waals surface area contributed by atoms with Crippen LogP contribution in [-0.4, -0.2) is 35.9 Å². The van der Waals surface area contributed by atoms with Gasteiger partial charge in [-0.15, -0.1) is 0 Å². The van der Waals surface area contributed by atoms with Gasteiger partial charge in [0.15, 0.2) is 0 Å². The molecule has 0 amide bonds. The van der Waals surface area contributed by atoms with Crippen LogP contribution in [0.2, 0.25) is 5.02 Å². The van der Waals surface area contributed by atoms with E-state index in [1.54, 1.807) is 6.07 Å². The number of rotatable bonds is 12. The van der Waals surface area contributed by atoms with Gasteiger partial charge in [0.1, 0.15) is 0 Å². The summed E-state index contributed by atoms with van der Waals surface area (Å²) in [6.45, 7) is 1.17. The lowest BCUT2D eigenvalue weighted by Gasteiger charge is -2.36. The molecule has 0 bridgehead atoms. The summed E-state index contributed by atoms with van der Waals surface area (Å²) < 4.78 is 51.1. The first kappa shape index (κ1) is 28.2. The molecule has 0 saturated carbocycles. The molecular weight excluding hydrogens is 533 g/mol. The van der Waals surface area contributed by atoms with E-state index in [0.717, 1.165) is 17.2 Å². The van der Waals surface area contributed by atoms with Gasteiger partial charge in [-0.1, -0.05) is 84.4 Å². The van der Waals surface area contributed by atoms with Crippen molar-refractivity contribution in [3.8, 4) is 5.88 Å². The minimum absolute atomic E-state index is 0.0782. The Balaban J connectivity index is 1.57. The van der Waals surface area contributed by atoms with E-state index in [1.807, 2.05) is 60.7 Å². The Labute approximate surface area is 228 Å². The minimum atomic E-state index is -4.57. The molecule has 0 aliphatic rings.